The molecule has 8 heteroatoms. The molecule has 2 saturated heterocycles. The van der Waals surface area contributed by atoms with Crippen molar-refractivity contribution in [2.24, 2.45) is 5.92 Å². The van der Waals surface area contributed by atoms with Crippen molar-refractivity contribution in [1.82, 2.24) is 4.90 Å². The number of nitrogens with zero attached hydrogens (tertiary/aromatic N) is 1. The minimum Gasteiger partial charge on any atom is -0.543 e. The number of rotatable bonds is 3. The minimum absolute atomic E-state index is 0. The summed E-state index contributed by atoms with van der Waals surface area (Å²) < 4.78 is 5.71. The number of aliphatic hydroxyl groups is 1. The van der Waals surface area contributed by atoms with Crippen LogP contribution in [0.5, 0.6) is 0 Å². The van der Waals surface area contributed by atoms with Gasteiger partial charge in [0.25, 0.3) is 0 Å². The average Bonchev–Trinajstić information content (AvgIpc) is 2.69. The van der Waals surface area contributed by atoms with E-state index in [2.05, 4.69) is 0 Å². The van der Waals surface area contributed by atoms with E-state index >= 15 is 0 Å². The number of amides is 1. The third-order valence-corrected chi connectivity index (χ3v) is 5.40. The molecule has 110 valence electrons. The van der Waals surface area contributed by atoms with Crippen LogP contribution in [0.1, 0.15) is 13.3 Å². The second-order valence-electron chi connectivity index (χ2n) is 5.36. The number of carbonyl (C=O) groups is 2. The molecule has 0 saturated carbocycles. The van der Waals surface area contributed by atoms with E-state index in [9.17, 15) is 19.8 Å². The molecule has 0 bridgehead atoms. The molecule has 3 rings (SSSR count). The third kappa shape index (κ3) is 2.38. The Morgan fingerprint density at radius 1 is 1.57 bits per heavy atom. The zero-order chi connectivity index (χ0) is 14.6. The predicted octanol–water partition coefficient (Wildman–Crippen LogP) is -4.26. The standard InChI is InChI=1S/C13H17NO5S.Na/c1-5(15)7-9-11-8(6(20-2)3-4-19-11)10(13(17)18)14(9)12(7)16;/h5-7,9,11,15H,3-4H2,1-2H3,(H,17,18);/q;+1/p-1/t5-,6+,7-,9+,11+;/m1./s1. The maximum atomic E-state index is 12.1. The number of aliphatic hydroxyl groups excluding tert-OH is 1. The fraction of sp³-hybridized carbons (Fsp3) is 0.692. The summed E-state index contributed by atoms with van der Waals surface area (Å²) in [5.41, 5.74) is 0.603. The summed E-state index contributed by atoms with van der Waals surface area (Å²) in [5.74, 6) is -2.28. The first-order valence-corrected chi connectivity index (χ1v) is 7.88. The van der Waals surface area contributed by atoms with E-state index in [0.29, 0.717) is 12.2 Å². The van der Waals surface area contributed by atoms with Crippen molar-refractivity contribution >= 4 is 23.6 Å². The number of aliphatic carboxylic acids is 1. The third-order valence-electron chi connectivity index (χ3n) is 4.34. The fourth-order valence-electron chi connectivity index (χ4n) is 3.51. The summed E-state index contributed by atoms with van der Waals surface area (Å²) in [4.78, 5) is 24.8. The van der Waals surface area contributed by atoms with E-state index in [1.807, 2.05) is 6.26 Å². The average molecular weight is 321 g/mol. The molecule has 5 atom stereocenters. The first-order chi connectivity index (χ1) is 9.49. The van der Waals surface area contributed by atoms with Gasteiger partial charge in [0.2, 0.25) is 5.91 Å². The smallest absolute Gasteiger partial charge is 0.543 e. The van der Waals surface area contributed by atoms with E-state index < -0.39 is 30.1 Å². The molecular weight excluding hydrogens is 305 g/mol. The zero-order valence-corrected chi connectivity index (χ0v) is 15.1. The van der Waals surface area contributed by atoms with Crippen molar-refractivity contribution in [1.29, 1.82) is 0 Å². The molecule has 21 heavy (non-hydrogen) atoms. The molecule has 0 unspecified atom stereocenters. The van der Waals surface area contributed by atoms with E-state index in [1.54, 1.807) is 18.7 Å². The van der Waals surface area contributed by atoms with Crippen molar-refractivity contribution in [2.45, 2.75) is 36.8 Å². The minimum atomic E-state index is -1.34. The molecule has 0 aliphatic carbocycles. The first-order valence-electron chi connectivity index (χ1n) is 6.60. The Morgan fingerprint density at radius 3 is 2.76 bits per heavy atom. The number of fused-ring (bicyclic) bond motifs is 3. The van der Waals surface area contributed by atoms with Gasteiger partial charge in [-0.2, -0.15) is 11.8 Å². The molecule has 2 fully saturated rings. The van der Waals surface area contributed by atoms with Gasteiger partial charge in [0.05, 0.1) is 29.7 Å². The van der Waals surface area contributed by atoms with Crippen LogP contribution in [0, 0.1) is 5.92 Å². The van der Waals surface area contributed by atoms with Crippen LogP contribution < -0.4 is 34.7 Å². The van der Waals surface area contributed by atoms with Crippen molar-refractivity contribution in [2.75, 3.05) is 12.9 Å². The summed E-state index contributed by atoms with van der Waals surface area (Å²) in [5, 5.41) is 21.2. The molecule has 0 aromatic heterocycles. The number of hydrogen-bond donors (Lipinski definition) is 1. The van der Waals surface area contributed by atoms with Gasteiger partial charge >= 0.3 is 29.6 Å². The van der Waals surface area contributed by atoms with Crippen LogP contribution in [0.15, 0.2) is 11.3 Å². The number of ether oxygens (including phenoxy) is 1. The monoisotopic (exact) mass is 321 g/mol. The predicted molar refractivity (Wildman–Crippen MR) is 69.5 cm³/mol. The molecular formula is C13H16NNaO5S. The maximum absolute atomic E-state index is 12.1. The molecule has 0 aromatic rings. The number of carbonyl (C=O) groups excluding carboxylic acids is 2. The maximum Gasteiger partial charge on any atom is 1.00 e. The van der Waals surface area contributed by atoms with Gasteiger partial charge in [-0.3, -0.25) is 4.79 Å². The van der Waals surface area contributed by atoms with Crippen LogP contribution in [-0.2, 0) is 14.3 Å². The van der Waals surface area contributed by atoms with Crippen LogP contribution in [0.4, 0.5) is 0 Å². The molecule has 1 N–H and O–H groups in total. The van der Waals surface area contributed by atoms with Gasteiger partial charge in [-0.15, -0.1) is 0 Å². The van der Waals surface area contributed by atoms with Gasteiger partial charge in [0.1, 0.15) is 6.10 Å². The Morgan fingerprint density at radius 2 is 2.24 bits per heavy atom. The van der Waals surface area contributed by atoms with Crippen molar-refractivity contribution in [3.8, 4) is 0 Å². The normalized spacial score (nSPS) is 35.6. The van der Waals surface area contributed by atoms with Gasteiger partial charge in [0.15, 0.2) is 0 Å². The van der Waals surface area contributed by atoms with Crippen LogP contribution >= 0.6 is 11.8 Å². The van der Waals surface area contributed by atoms with Crippen molar-refractivity contribution in [3.63, 3.8) is 0 Å². The van der Waals surface area contributed by atoms with Gasteiger partial charge in [-0.05, 0) is 25.2 Å². The Balaban J connectivity index is 0.00000161. The zero-order valence-electron chi connectivity index (χ0n) is 12.2. The van der Waals surface area contributed by atoms with Gasteiger partial charge in [-0.1, -0.05) is 0 Å². The fourth-order valence-corrected chi connectivity index (χ4v) is 4.34. The molecule has 3 aliphatic rings. The molecule has 0 radical (unpaired) electrons. The largest absolute Gasteiger partial charge is 1.00 e. The molecule has 3 heterocycles. The number of thioether (sulfide) groups is 1. The van der Waals surface area contributed by atoms with Gasteiger partial charge in [-0.25, -0.2) is 0 Å². The Hall–Kier alpha value is -0.0500. The number of carboxylic acid groups (broad SMARTS) is 1. The summed E-state index contributed by atoms with van der Waals surface area (Å²) in [7, 11) is 0. The van der Waals surface area contributed by atoms with Crippen LogP contribution in [0.3, 0.4) is 0 Å². The number of hydrogen-bond acceptors (Lipinski definition) is 6. The Labute approximate surface area is 149 Å². The van der Waals surface area contributed by atoms with Crippen molar-refractivity contribution < 1.29 is 54.1 Å². The van der Waals surface area contributed by atoms with E-state index in [4.69, 9.17) is 4.74 Å². The van der Waals surface area contributed by atoms with Gasteiger partial charge in [0, 0.05) is 11.9 Å². The van der Waals surface area contributed by atoms with Crippen LogP contribution in [0.2, 0.25) is 0 Å². The molecule has 6 nitrogen and oxygen atoms in total. The molecule has 1 amide bonds. The first kappa shape index (κ1) is 17.3. The summed E-state index contributed by atoms with van der Waals surface area (Å²) >= 11 is 1.56. The Bertz CT molecular complexity index is 509. The number of carboxylic acids is 1. The van der Waals surface area contributed by atoms with Gasteiger partial charge < -0.3 is 24.6 Å². The second-order valence-corrected chi connectivity index (χ2v) is 6.40. The SMILES string of the molecule is CS[C@H]1CCO[C@H]2C1=C(C(=O)[O-])N1C(=O)[C@H]([C@@H](C)O)[C@@H]21.[Na+]. The summed E-state index contributed by atoms with van der Waals surface area (Å²) in [6.07, 6.45) is 1.39. The Kier molecular flexibility index (Phi) is 5.12. The van der Waals surface area contributed by atoms with E-state index in [-0.39, 0.29) is 46.4 Å². The van der Waals surface area contributed by atoms with Crippen LogP contribution in [-0.4, -0.2) is 58.2 Å². The topological polar surface area (TPSA) is 89.9 Å². The van der Waals surface area contributed by atoms with Crippen LogP contribution in [0.25, 0.3) is 0 Å². The number of β-lactam (4-membered cyclic amide) rings is 1. The summed E-state index contributed by atoms with van der Waals surface area (Å²) in [6.45, 7) is 2.08. The second kappa shape index (κ2) is 6.22. The quantitative estimate of drug-likeness (QED) is 0.418. The van der Waals surface area contributed by atoms with E-state index in [0.717, 1.165) is 6.42 Å². The summed E-state index contributed by atoms with van der Waals surface area (Å²) in [6, 6.07) is -0.402. The van der Waals surface area contributed by atoms with Crippen molar-refractivity contribution in [3.05, 3.63) is 11.3 Å². The molecule has 3 aliphatic heterocycles. The molecule has 0 spiro atoms. The van der Waals surface area contributed by atoms with E-state index in [1.165, 1.54) is 4.90 Å². The molecule has 0 aromatic carbocycles.